The third-order valence-corrected chi connectivity index (χ3v) is 3.53. The van der Waals surface area contributed by atoms with Gasteiger partial charge in [-0.05, 0) is 52.7 Å². The van der Waals surface area contributed by atoms with Crippen molar-refractivity contribution in [2.45, 2.75) is 13.5 Å². The van der Waals surface area contributed by atoms with Crippen molar-refractivity contribution in [1.82, 2.24) is 4.98 Å². The summed E-state index contributed by atoms with van der Waals surface area (Å²) in [6, 6.07) is 11.1. The van der Waals surface area contributed by atoms with Gasteiger partial charge >= 0.3 is 0 Å². The quantitative estimate of drug-likeness (QED) is 0.827. The van der Waals surface area contributed by atoms with E-state index in [0.717, 1.165) is 10.0 Å². The van der Waals surface area contributed by atoms with Crippen LogP contribution in [-0.2, 0) is 11.3 Å². The van der Waals surface area contributed by atoms with Crippen LogP contribution in [0.25, 0.3) is 0 Å². The molecule has 0 fully saturated rings. The van der Waals surface area contributed by atoms with Crippen molar-refractivity contribution in [2.24, 2.45) is 0 Å². The predicted octanol–water partition coefficient (Wildman–Crippen LogP) is 3.66. The molecule has 110 valence electrons. The molecule has 5 heteroatoms. The van der Waals surface area contributed by atoms with E-state index in [1.54, 1.807) is 18.2 Å². The molecule has 1 aromatic heterocycles. The van der Waals surface area contributed by atoms with Crippen molar-refractivity contribution in [3.63, 3.8) is 0 Å². The molecule has 0 bridgehead atoms. The molecule has 4 nitrogen and oxygen atoms in total. The van der Waals surface area contributed by atoms with Crippen LogP contribution in [0.2, 0.25) is 0 Å². The molecule has 0 aliphatic heterocycles. The first-order chi connectivity index (χ1) is 10.2. The van der Waals surface area contributed by atoms with Crippen LogP contribution in [0.15, 0.2) is 47.1 Å². The van der Waals surface area contributed by atoms with Gasteiger partial charge in [0.05, 0.1) is 6.61 Å². The summed E-state index contributed by atoms with van der Waals surface area (Å²) in [6.45, 7) is 3.04. The number of carbonyl (C=O) groups excluding carboxylic acids is 1. The third-order valence-electron chi connectivity index (χ3n) is 3.06. The second-order valence-corrected chi connectivity index (χ2v) is 5.43. The van der Waals surface area contributed by atoms with Crippen molar-refractivity contribution < 1.29 is 9.53 Å². The monoisotopic (exact) mass is 348 g/mol. The van der Waals surface area contributed by atoms with E-state index < -0.39 is 0 Å². The number of amides is 1. The molecule has 1 aromatic carbocycles. The zero-order valence-corrected chi connectivity index (χ0v) is 13.6. The van der Waals surface area contributed by atoms with Crippen molar-refractivity contribution in [2.75, 3.05) is 18.6 Å². The molecule has 0 saturated heterocycles. The molecule has 0 aliphatic rings. The highest BCUT2D eigenvalue weighted by Crippen LogP contribution is 2.17. The van der Waals surface area contributed by atoms with Crippen LogP contribution in [-0.4, -0.2) is 24.5 Å². The largest absolute Gasteiger partial charge is 0.380 e. The minimum atomic E-state index is -0.0590. The number of ether oxygens (including phenoxy) is 1. The van der Waals surface area contributed by atoms with Crippen LogP contribution in [0.5, 0.6) is 0 Å². The van der Waals surface area contributed by atoms with Crippen LogP contribution < -0.4 is 4.90 Å². The predicted molar refractivity (Wildman–Crippen MR) is 86.4 cm³/mol. The Morgan fingerprint density at radius 2 is 1.95 bits per heavy atom. The Kier molecular flexibility index (Phi) is 5.47. The average Bonchev–Trinajstić information content (AvgIpc) is 2.51. The molecule has 0 unspecified atom stereocenters. The highest BCUT2D eigenvalue weighted by atomic mass is 79.9. The van der Waals surface area contributed by atoms with E-state index in [-0.39, 0.29) is 5.91 Å². The summed E-state index contributed by atoms with van der Waals surface area (Å²) in [4.78, 5) is 18.5. The fraction of sp³-hybridized carbons (Fsp3) is 0.250. The molecule has 0 N–H and O–H groups in total. The molecular formula is C16H17BrN2O2. The van der Waals surface area contributed by atoms with Gasteiger partial charge in [0.2, 0.25) is 0 Å². The van der Waals surface area contributed by atoms with E-state index in [2.05, 4.69) is 20.9 Å². The SMILES string of the molecule is CCN(C(=O)c1ccc(COC)cc1)c1ccc(Br)cn1. The van der Waals surface area contributed by atoms with Gasteiger partial charge in [-0.1, -0.05) is 12.1 Å². The fourth-order valence-electron chi connectivity index (χ4n) is 2.00. The van der Waals surface area contributed by atoms with Crippen molar-refractivity contribution >= 4 is 27.7 Å². The number of anilines is 1. The van der Waals surface area contributed by atoms with Gasteiger partial charge in [-0.25, -0.2) is 4.98 Å². The van der Waals surface area contributed by atoms with Gasteiger partial charge in [0.25, 0.3) is 5.91 Å². The van der Waals surface area contributed by atoms with Crippen LogP contribution in [0.4, 0.5) is 5.82 Å². The lowest BCUT2D eigenvalue weighted by molar-refractivity contribution is 0.0987. The Labute approximate surface area is 132 Å². The smallest absolute Gasteiger partial charge is 0.259 e. The Balaban J connectivity index is 2.21. The topological polar surface area (TPSA) is 42.4 Å². The van der Waals surface area contributed by atoms with E-state index in [0.29, 0.717) is 24.5 Å². The molecule has 0 aliphatic carbocycles. The number of hydrogen-bond donors (Lipinski definition) is 0. The van der Waals surface area contributed by atoms with Crippen LogP contribution >= 0.6 is 15.9 Å². The lowest BCUT2D eigenvalue weighted by atomic mass is 10.1. The number of halogens is 1. The number of carbonyl (C=O) groups is 1. The van der Waals surface area contributed by atoms with E-state index in [1.165, 1.54) is 0 Å². The van der Waals surface area contributed by atoms with Gasteiger partial charge in [-0.2, -0.15) is 0 Å². The maximum Gasteiger partial charge on any atom is 0.259 e. The first-order valence-corrected chi connectivity index (χ1v) is 7.46. The first-order valence-electron chi connectivity index (χ1n) is 6.67. The fourth-order valence-corrected chi connectivity index (χ4v) is 2.24. The highest BCUT2D eigenvalue weighted by molar-refractivity contribution is 9.10. The summed E-state index contributed by atoms with van der Waals surface area (Å²) in [5.41, 5.74) is 1.68. The van der Waals surface area contributed by atoms with Crippen LogP contribution in [0.1, 0.15) is 22.8 Å². The van der Waals surface area contributed by atoms with Crippen molar-refractivity contribution in [3.05, 3.63) is 58.2 Å². The van der Waals surface area contributed by atoms with Gasteiger partial charge in [0.1, 0.15) is 5.82 Å². The Morgan fingerprint density at radius 3 is 2.48 bits per heavy atom. The van der Waals surface area contributed by atoms with Gasteiger partial charge in [-0.3, -0.25) is 9.69 Å². The number of nitrogens with zero attached hydrogens (tertiary/aromatic N) is 2. The number of pyridine rings is 1. The molecule has 1 amide bonds. The van der Waals surface area contributed by atoms with Crippen LogP contribution in [0, 0.1) is 0 Å². The first kappa shape index (κ1) is 15.7. The maximum atomic E-state index is 12.6. The summed E-state index contributed by atoms with van der Waals surface area (Å²) in [5, 5.41) is 0. The Hall–Kier alpha value is -1.72. The van der Waals surface area contributed by atoms with E-state index in [1.807, 2.05) is 43.3 Å². The normalized spacial score (nSPS) is 10.4. The van der Waals surface area contributed by atoms with E-state index in [9.17, 15) is 4.79 Å². The summed E-state index contributed by atoms with van der Waals surface area (Å²) >= 11 is 3.34. The van der Waals surface area contributed by atoms with Gasteiger partial charge in [0, 0.05) is 29.9 Å². The number of aromatic nitrogens is 1. The zero-order valence-electron chi connectivity index (χ0n) is 12.0. The number of rotatable bonds is 5. The van der Waals surface area contributed by atoms with Gasteiger partial charge < -0.3 is 4.74 Å². The van der Waals surface area contributed by atoms with Crippen molar-refractivity contribution in [1.29, 1.82) is 0 Å². The molecular weight excluding hydrogens is 332 g/mol. The van der Waals surface area contributed by atoms with E-state index in [4.69, 9.17) is 4.74 Å². The number of methoxy groups -OCH3 is 1. The molecule has 0 saturated carbocycles. The molecule has 0 radical (unpaired) electrons. The molecule has 2 aromatic rings. The number of benzene rings is 1. The third kappa shape index (κ3) is 3.89. The lowest BCUT2D eigenvalue weighted by Crippen LogP contribution is -2.31. The van der Waals surface area contributed by atoms with Crippen molar-refractivity contribution in [3.8, 4) is 0 Å². The maximum absolute atomic E-state index is 12.6. The summed E-state index contributed by atoms with van der Waals surface area (Å²) in [5.74, 6) is 0.586. The second-order valence-electron chi connectivity index (χ2n) is 4.51. The van der Waals surface area contributed by atoms with E-state index >= 15 is 0 Å². The minimum absolute atomic E-state index is 0.0590. The Morgan fingerprint density at radius 1 is 1.24 bits per heavy atom. The summed E-state index contributed by atoms with van der Waals surface area (Å²) in [6.07, 6.45) is 1.69. The molecule has 0 spiro atoms. The second kappa shape index (κ2) is 7.33. The number of hydrogen-bond acceptors (Lipinski definition) is 3. The lowest BCUT2D eigenvalue weighted by Gasteiger charge is -2.20. The molecule has 0 atom stereocenters. The van der Waals surface area contributed by atoms with Gasteiger partial charge in [-0.15, -0.1) is 0 Å². The standard InChI is InChI=1S/C16H17BrN2O2/c1-3-19(15-9-8-14(17)10-18-15)16(20)13-6-4-12(5-7-13)11-21-2/h4-10H,3,11H2,1-2H3. The Bertz CT molecular complexity index is 597. The van der Waals surface area contributed by atoms with Crippen LogP contribution in [0.3, 0.4) is 0 Å². The van der Waals surface area contributed by atoms with Gasteiger partial charge in [0.15, 0.2) is 0 Å². The molecule has 21 heavy (non-hydrogen) atoms. The zero-order chi connectivity index (χ0) is 15.2. The summed E-state index contributed by atoms with van der Waals surface area (Å²) < 4.78 is 5.96. The molecule has 1 heterocycles. The average molecular weight is 349 g/mol. The minimum Gasteiger partial charge on any atom is -0.380 e. The molecule has 2 rings (SSSR count). The highest BCUT2D eigenvalue weighted by Gasteiger charge is 2.16. The summed E-state index contributed by atoms with van der Waals surface area (Å²) in [7, 11) is 1.65.